The molecule has 24 heavy (non-hydrogen) atoms. The number of hydrogen-bond acceptors (Lipinski definition) is 6. The summed E-state index contributed by atoms with van der Waals surface area (Å²) in [7, 11) is 1.30. The van der Waals surface area contributed by atoms with E-state index in [0.717, 1.165) is 0 Å². The number of hydrazone groups is 1. The molecular formula is C15H13ClN4O3S. The van der Waals surface area contributed by atoms with Crippen LogP contribution in [-0.4, -0.2) is 29.4 Å². The zero-order valence-electron chi connectivity index (χ0n) is 12.5. The van der Waals surface area contributed by atoms with E-state index in [4.69, 9.17) is 22.1 Å². The maximum atomic E-state index is 11.5. The van der Waals surface area contributed by atoms with E-state index in [1.54, 1.807) is 18.2 Å². The SMILES string of the molecule is COC(=O)c1ccnc(Oc2ccc(C=NNC(N)=S)cc2Cl)c1. The van der Waals surface area contributed by atoms with E-state index >= 15 is 0 Å². The third-order valence-electron chi connectivity index (χ3n) is 2.71. The number of nitrogens with zero attached hydrogens (tertiary/aromatic N) is 2. The molecule has 0 spiro atoms. The van der Waals surface area contributed by atoms with Crippen molar-refractivity contribution in [3.8, 4) is 11.6 Å². The highest BCUT2D eigenvalue weighted by atomic mass is 35.5. The number of thiocarbonyl (C=S) groups is 1. The summed E-state index contributed by atoms with van der Waals surface area (Å²) in [4.78, 5) is 15.5. The smallest absolute Gasteiger partial charge is 0.338 e. The molecule has 0 unspecified atom stereocenters. The number of halogens is 1. The van der Waals surface area contributed by atoms with Gasteiger partial charge in [-0.3, -0.25) is 5.43 Å². The molecule has 0 fully saturated rings. The maximum Gasteiger partial charge on any atom is 0.338 e. The molecule has 9 heteroatoms. The summed E-state index contributed by atoms with van der Waals surface area (Å²) in [6, 6.07) is 8.01. The van der Waals surface area contributed by atoms with E-state index in [0.29, 0.717) is 21.9 Å². The molecule has 0 radical (unpaired) electrons. The van der Waals surface area contributed by atoms with Crippen molar-refractivity contribution < 1.29 is 14.3 Å². The molecule has 0 saturated heterocycles. The minimum absolute atomic E-state index is 0.0638. The number of benzene rings is 1. The predicted molar refractivity (Wildman–Crippen MR) is 94.6 cm³/mol. The van der Waals surface area contributed by atoms with Gasteiger partial charge in [0.05, 0.1) is 23.9 Å². The Balaban J connectivity index is 2.14. The number of esters is 1. The Morgan fingerprint density at radius 1 is 1.42 bits per heavy atom. The summed E-state index contributed by atoms with van der Waals surface area (Å²) >= 11 is 10.8. The van der Waals surface area contributed by atoms with Gasteiger partial charge in [-0.2, -0.15) is 5.10 Å². The monoisotopic (exact) mass is 364 g/mol. The molecule has 0 aliphatic heterocycles. The number of ether oxygens (including phenoxy) is 2. The Labute approximate surface area is 148 Å². The van der Waals surface area contributed by atoms with E-state index in [-0.39, 0.29) is 11.0 Å². The number of methoxy groups -OCH3 is 1. The van der Waals surface area contributed by atoms with Crippen LogP contribution in [0.1, 0.15) is 15.9 Å². The molecule has 0 aliphatic carbocycles. The largest absolute Gasteiger partial charge is 0.465 e. The minimum Gasteiger partial charge on any atom is -0.465 e. The summed E-state index contributed by atoms with van der Waals surface area (Å²) in [5, 5.41) is 4.24. The Kier molecular flexibility index (Phi) is 6.05. The normalized spacial score (nSPS) is 10.4. The van der Waals surface area contributed by atoms with E-state index in [1.165, 1.54) is 31.7 Å². The zero-order chi connectivity index (χ0) is 17.5. The molecule has 0 bridgehead atoms. The molecule has 0 atom stereocenters. The van der Waals surface area contributed by atoms with Crippen LogP contribution >= 0.6 is 23.8 Å². The highest BCUT2D eigenvalue weighted by Gasteiger charge is 2.09. The van der Waals surface area contributed by atoms with Crippen molar-refractivity contribution in [1.29, 1.82) is 0 Å². The van der Waals surface area contributed by atoms with Crippen molar-refractivity contribution in [2.45, 2.75) is 0 Å². The third kappa shape index (κ3) is 4.90. The molecule has 7 nitrogen and oxygen atoms in total. The van der Waals surface area contributed by atoms with Crippen LogP contribution in [0.15, 0.2) is 41.6 Å². The van der Waals surface area contributed by atoms with Crippen LogP contribution in [0.4, 0.5) is 0 Å². The number of nitrogens with one attached hydrogen (secondary N) is 1. The second-order valence-electron chi connectivity index (χ2n) is 4.40. The average Bonchev–Trinajstić information content (AvgIpc) is 2.56. The minimum atomic E-state index is -0.481. The first kappa shape index (κ1) is 17.6. The number of rotatable bonds is 5. The van der Waals surface area contributed by atoms with Crippen molar-refractivity contribution in [3.63, 3.8) is 0 Å². The van der Waals surface area contributed by atoms with Crippen LogP contribution in [0.25, 0.3) is 0 Å². The fourth-order valence-corrected chi connectivity index (χ4v) is 1.95. The Morgan fingerprint density at radius 3 is 2.88 bits per heavy atom. The van der Waals surface area contributed by atoms with Crippen molar-refractivity contribution in [2.24, 2.45) is 10.8 Å². The van der Waals surface area contributed by atoms with Gasteiger partial charge in [0.15, 0.2) is 5.11 Å². The molecule has 1 heterocycles. The molecule has 1 aromatic carbocycles. The van der Waals surface area contributed by atoms with Gasteiger partial charge in [-0.05, 0) is 42.0 Å². The lowest BCUT2D eigenvalue weighted by atomic mass is 10.2. The first-order valence-electron chi connectivity index (χ1n) is 6.60. The molecule has 2 aromatic rings. The van der Waals surface area contributed by atoms with Gasteiger partial charge in [0.1, 0.15) is 5.75 Å². The lowest BCUT2D eigenvalue weighted by Gasteiger charge is -2.08. The standard InChI is InChI=1S/C15H13ClN4O3S/c1-22-14(21)10-4-5-18-13(7-10)23-12-3-2-9(6-11(12)16)8-19-20-15(17)24/h2-8H,1H3,(H3,17,20,24). The van der Waals surface area contributed by atoms with Crippen LogP contribution in [0.2, 0.25) is 5.02 Å². The van der Waals surface area contributed by atoms with Gasteiger partial charge < -0.3 is 15.2 Å². The zero-order valence-corrected chi connectivity index (χ0v) is 14.1. The number of nitrogens with two attached hydrogens (primary N) is 1. The van der Waals surface area contributed by atoms with Gasteiger partial charge in [0.25, 0.3) is 0 Å². The number of hydrogen-bond donors (Lipinski definition) is 2. The van der Waals surface area contributed by atoms with E-state index in [9.17, 15) is 4.79 Å². The van der Waals surface area contributed by atoms with Crippen LogP contribution in [0.3, 0.4) is 0 Å². The summed E-state index contributed by atoms with van der Waals surface area (Å²) in [6.45, 7) is 0. The molecule has 2 rings (SSSR count). The lowest BCUT2D eigenvalue weighted by molar-refractivity contribution is 0.0600. The number of aromatic nitrogens is 1. The second-order valence-corrected chi connectivity index (χ2v) is 5.25. The fourth-order valence-electron chi connectivity index (χ4n) is 1.67. The number of pyridine rings is 1. The van der Waals surface area contributed by atoms with Crippen molar-refractivity contribution >= 4 is 41.1 Å². The van der Waals surface area contributed by atoms with Gasteiger partial charge in [-0.15, -0.1) is 0 Å². The summed E-state index contributed by atoms with van der Waals surface area (Å²) in [6.07, 6.45) is 2.95. The molecular weight excluding hydrogens is 352 g/mol. The predicted octanol–water partition coefficient (Wildman–Crippen LogP) is 2.48. The highest BCUT2D eigenvalue weighted by Crippen LogP contribution is 2.29. The number of carbonyl (C=O) groups excluding carboxylic acids is 1. The topological polar surface area (TPSA) is 98.8 Å². The third-order valence-corrected chi connectivity index (χ3v) is 3.10. The lowest BCUT2D eigenvalue weighted by Crippen LogP contribution is -2.23. The van der Waals surface area contributed by atoms with Gasteiger partial charge in [-0.1, -0.05) is 11.6 Å². The van der Waals surface area contributed by atoms with Crippen molar-refractivity contribution in [2.75, 3.05) is 7.11 Å². The van der Waals surface area contributed by atoms with Gasteiger partial charge in [-0.25, -0.2) is 9.78 Å². The van der Waals surface area contributed by atoms with Gasteiger partial charge in [0, 0.05) is 12.3 Å². The van der Waals surface area contributed by atoms with Crippen LogP contribution < -0.4 is 15.9 Å². The molecule has 3 N–H and O–H groups in total. The van der Waals surface area contributed by atoms with E-state index in [1.807, 2.05) is 0 Å². The van der Waals surface area contributed by atoms with Crippen molar-refractivity contribution in [1.82, 2.24) is 10.4 Å². The quantitative estimate of drug-likeness (QED) is 0.364. The number of carbonyl (C=O) groups is 1. The summed E-state index contributed by atoms with van der Waals surface area (Å²) in [5.41, 5.74) is 8.74. The first-order chi connectivity index (χ1) is 11.5. The Morgan fingerprint density at radius 2 is 2.21 bits per heavy atom. The van der Waals surface area contributed by atoms with Crippen LogP contribution in [0, 0.1) is 0 Å². The molecule has 0 saturated carbocycles. The Bertz CT molecular complexity index is 798. The van der Waals surface area contributed by atoms with Crippen LogP contribution in [-0.2, 0) is 4.74 Å². The fraction of sp³-hybridized carbons (Fsp3) is 0.0667. The molecule has 0 amide bonds. The van der Waals surface area contributed by atoms with Crippen molar-refractivity contribution in [3.05, 3.63) is 52.7 Å². The maximum absolute atomic E-state index is 11.5. The van der Waals surface area contributed by atoms with Crippen LogP contribution in [0.5, 0.6) is 11.6 Å². The van der Waals surface area contributed by atoms with Gasteiger partial charge in [0.2, 0.25) is 5.88 Å². The van der Waals surface area contributed by atoms with E-state index in [2.05, 4.69) is 32.5 Å². The summed E-state index contributed by atoms with van der Waals surface area (Å²) in [5.74, 6) is 0.118. The molecule has 0 aliphatic rings. The molecule has 1 aromatic heterocycles. The first-order valence-corrected chi connectivity index (χ1v) is 7.38. The Hall–Kier alpha value is -2.71. The summed E-state index contributed by atoms with van der Waals surface area (Å²) < 4.78 is 10.2. The van der Waals surface area contributed by atoms with Gasteiger partial charge >= 0.3 is 5.97 Å². The molecule has 124 valence electrons. The second kappa shape index (κ2) is 8.23. The highest BCUT2D eigenvalue weighted by molar-refractivity contribution is 7.80. The average molecular weight is 365 g/mol. The van der Waals surface area contributed by atoms with E-state index < -0.39 is 5.97 Å².